The molecule has 2 aromatic heterocycles. The Kier molecular flexibility index (Phi) is 6.41. The van der Waals surface area contributed by atoms with Crippen LogP contribution in [0.15, 0.2) is 22.7 Å². The van der Waals surface area contributed by atoms with Gasteiger partial charge in [-0.3, -0.25) is 14.4 Å². The van der Waals surface area contributed by atoms with Gasteiger partial charge in [0.05, 0.1) is 16.5 Å². The highest BCUT2D eigenvalue weighted by Gasteiger charge is 2.31. The average molecular weight is 445 g/mol. The van der Waals surface area contributed by atoms with E-state index in [-0.39, 0.29) is 35.3 Å². The molecule has 2 aromatic rings. The van der Waals surface area contributed by atoms with Crippen LogP contribution in [0.25, 0.3) is 0 Å². The van der Waals surface area contributed by atoms with Gasteiger partial charge in [-0.1, -0.05) is 12.1 Å². The van der Waals surface area contributed by atoms with E-state index in [4.69, 9.17) is 10.3 Å². The third-order valence-corrected chi connectivity index (χ3v) is 7.49. The number of carbonyl (C=O) groups excluding carboxylic acids is 3. The average Bonchev–Trinajstić information content (AvgIpc) is 3.48. The Morgan fingerprint density at radius 2 is 1.90 bits per heavy atom. The number of piperidine rings is 2. The smallest absolute Gasteiger partial charge is 0.292 e. The molecule has 166 valence electrons. The molecule has 31 heavy (non-hydrogen) atoms. The van der Waals surface area contributed by atoms with Crippen molar-refractivity contribution in [2.45, 2.75) is 44.9 Å². The van der Waals surface area contributed by atoms with Crippen LogP contribution < -0.4 is 5.73 Å². The van der Waals surface area contributed by atoms with Gasteiger partial charge in [0.15, 0.2) is 0 Å². The molecule has 3 amide bonds. The zero-order valence-corrected chi connectivity index (χ0v) is 18.5. The highest BCUT2D eigenvalue weighted by molar-refractivity contribution is 7.14. The van der Waals surface area contributed by atoms with Crippen molar-refractivity contribution in [1.82, 2.24) is 15.0 Å². The maximum absolute atomic E-state index is 12.8. The molecule has 2 saturated heterocycles. The molecular formula is C22H28N4O4S. The van der Waals surface area contributed by atoms with Crippen molar-refractivity contribution in [3.63, 3.8) is 0 Å². The summed E-state index contributed by atoms with van der Waals surface area (Å²) in [4.78, 5) is 42.5. The predicted octanol–water partition coefficient (Wildman–Crippen LogP) is 2.66. The van der Waals surface area contributed by atoms with Crippen LogP contribution in [-0.4, -0.2) is 58.9 Å². The van der Waals surface area contributed by atoms with Gasteiger partial charge in [-0.15, -0.1) is 11.3 Å². The Labute approximate surface area is 185 Å². The molecule has 0 spiro atoms. The van der Waals surface area contributed by atoms with Crippen molar-refractivity contribution in [3.8, 4) is 0 Å². The van der Waals surface area contributed by atoms with Crippen molar-refractivity contribution < 1.29 is 18.9 Å². The van der Waals surface area contributed by atoms with Gasteiger partial charge in [-0.25, -0.2) is 0 Å². The molecule has 8 nitrogen and oxygen atoms in total. The molecule has 0 aromatic carbocycles. The quantitative estimate of drug-likeness (QED) is 0.762. The molecule has 9 heteroatoms. The Balaban J connectivity index is 1.34. The summed E-state index contributed by atoms with van der Waals surface area (Å²) in [6.45, 7) is 4.31. The first kappa shape index (κ1) is 21.5. The summed E-state index contributed by atoms with van der Waals surface area (Å²) in [6, 6.07) is 5.65. The lowest BCUT2D eigenvalue weighted by molar-refractivity contribution is -0.123. The third-order valence-electron chi connectivity index (χ3n) is 6.27. The second kappa shape index (κ2) is 9.21. The van der Waals surface area contributed by atoms with Crippen molar-refractivity contribution in [1.29, 1.82) is 0 Å². The Morgan fingerprint density at radius 1 is 1.13 bits per heavy atom. The number of hydrogen-bond donors (Lipinski definition) is 1. The molecule has 4 rings (SSSR count). The fourth-order valence-electron chi connectivity index (χ4n) is 4.35. The Hall–Kier alpha value is -2.68. The number of rotatable bonds is 5. The molecule has 0 radical (unpaired) electrons. The van der Waals surface area contributed by atoms with Gasteiger partial charge in [-0.2, -0.15) is 0 Å². The van der Waals surface area contributed by atoms with Crippen LogP contribution in [-0.2, 0) is 11.2 Å². The summed E-state index contributed by atoms with van der Waals surface area (Å²) in [5.41, 5.74) is 6.16. The van der Waals surface area contributed by atoms with Gasteiger partial charge < -0.3 is 20.1 Å². The Morgan fingerprint density at radius 3 is 2.58 bits per heavy atom. The van der Waals surface area contributed by atoms with Crippen molar-refractivity contribution in [2.24, 2.45) is 11.7 Å². The molecular weight excluding hydrogens is 416 g/mol. The van der Waals surface area contributed by atoms with Crippen LogP contribution in [0.3, 0.4) is 0 Å². The number of carbonyl (C=O) groups is 3. The first-order chi connectivity index (χ1) is 15.0. The number of primary amides is 1. The van der Waals surface area contributed by atoms with E-state index < -0.39 is 0 Å². The second-order valence-corrected chi connectivity index (χ2v) is 9.46. The molecule has 0 unspecified atom stereocenters. The summed E-state index contributed by atoms with van der Waals surface area (Å²) in [7, 11) is 0. The van der Waals surface area contributed by atoms with Crippen LogP contribution in [0.2, 0.25) is 0 Å². The molecule has 2 fully saturated rings. The number of amides is 3. The predicted molar refractivity (Wildman–Crippen MR) is 116 cm³/mol. The van der Waals surface area contributed by atoms with E-state index in [0.29, 0.717) is 32.6 Å². The summed E-state index contributed by atoms with van der Waals surface area (Å²) < 4.78 is 5.35. The van der Waals surface area contributed by atoms with E-state index in [2.05, 4.69) is 12.1 Å². The molecule has 0 aliphatic carbocycles. The molecule has 0 bridgehead atoms. The Bertz CT molecular complexity index is 960. The minimum Gasteiger partial charge on any atom is -0.369 e. The van der Waals surface area contributed by atoms with Crippen molar-refractivity contribution in [3.05, 3.63) is 39.4 Å². The van der Waals surface area contributed by atoms with E-state index in [1.54, 1.807) is 22.3 Å². The van der Waals surface area contributed by atoms with Gasteiger partial charge in [-0.05, 0) is 44.2 Å². The summed E-state index contributed by atoms with van der Waals surface area (Å²) in [6.07, 6.45) is 3.96. The van der Waals surface area contributed by atoms with Gasteiger partial charge in [0.1, 0.15) is 0 Å². The highest BCUT2D eigenvalue weighted by atomic mass is 32.1. The zero-order valence-electron chi connectivity index (χ0n) is 17.7. The topological polar surface area (TPSA) is 110 Å². The number of nitrogens with two attached hydrogens (primary N) is 1. The fourth-order valence-corrected chi connectivity index (χ4v) is 5.26. The molecule has 4 heterocycles. The lowest BCUT2D eigenvalue weighted by atomic mass is 9.93. The first-order valence-corrected chi connectivity index (χ1v) is 11.7. The number of nitrogens with zero attached hydrogens (tertiary/aromatic N) is 3. The number of thiophene rings is 1. The molecule has 2 aliphatic heterocycles. The van der Waals surface area contributed by atoms with Gasteiger partial charge in [0.2, 0.25) is 11.7 Å². The third kappa shape index (κ3) is 4.66. The standard InChI is InChI=1S/C22H28N4O4S/c1-2-16-5-6-19(31-16)22(29)25-10-7-14(8-11-25)17-12-18(30-24-17)21(28)26-9-3-4-15(13-26)20(23)27/h5-6,12,14-15H,2-4,7-11,13H2,1H3,(H2,23,27)/t15-/m0/s1. The first-order valence-electron chi connectivity index (χ1n) is 10.9. The molecule has 2 N–H and O–H groups in total. The second-order valence-electron chi connectivity index (χ2n) is 8.29. The molecule has 0 saturated carbocycles. The number of likely N-dealkylation sites (tertiary alicyclic amines) is 2. The van der Waals surface area contributed by atoms with Crippen molar-refractivity contribution >= 4 is 29.1 Å². The van der Waals surface area contributed by atoms with E-state index >= 15 is 0 Å². The molecule has 2 aliphatic rings. The van der Waals surface area contributed by atoms with Crippen LogP contribution in [0.4, 0.5) is 0 Å². The summed E-state index contributed by atoms with van der Waals surface area (Å²) >= 11 is 1.56. The van der Waals surface area contributed by atoms with E-state index in [0.717, 1.165) is 36.3 Å². The van der Waals surface area contributed by atoms with Gasteiger partial charge in [0, 0.05) is 43.0 Å². The minimum atomic E-state index is -0.370. The van der Waals surface area contributed by atoms with Crippen molar-refractivity contribution in [2.75, 3.05) is 26.2 Å². The van der Waals surface area contributed by atoms with Gasteiger partial charge >= 0.3 is 0 Å². The number of aryl methyl sites for hydroxylation is 1. The SMILES string of the molecule is CCc1ccc(C(=O)N2CCC(c3cc(C(=O)N4CCC[C@H](C(N)=O)C4)on3)CC2)s1. The summed E-state index contributed by atoms with van der Waals surface area (Å²) in [5.74, 6) is -0.479. The maximum atomic E-state index is 12.8. The molecule has 1 atom stereocenters. The van der Waals surface area contributed by atoms with Gasteiger partial charge in [0.25, 0.3) is 11.8 Å². The number of hydrogen-bond acceptors (Lipinski definition) is 6. The summed E-state index contributed by atoms with van der Waals surface area (Å²) in [5, 5.41) is 4.14. The van der Waals surface area contributed by atoms with Crippen LogP contribution in [0.5, 0.6) is 0 Å². The van der Waals surface area contributed by atoms with Crippen LogP contribution in [0, 0.1) is 5.92 Å². The lowest BCUT2D eigenvalue weighted by Crippen LogP contribution is -2.44. The van der Waals surface area contributed by atoms with Crippen LogP contribution in [0.1, 0.15) is 69.3 Å². The largest absolute Gasteiger partial charge is 0.369 e. The van der Waals surface area contributed by atoms with E-state index in [1.165, 1.54) is 4.88 Å². The zero-order chi connectivity index (χ0) is 22.0. The lowest BCUT2D eigenvalue weighted by Gasteiger charge is -2.31. The van der Waals surface area contributed by atoms with Crippen LogP contribution >= 0.6 is 11.3 Å². The monoisotopic (exact) mass is 444 g/mol. The minimum absolute atomic E-state index is 0.0910. The number of aromatic nitrogens is 1. The fraction of sp³-hybridized carbons (Fsp3) is 0.545. The maximum Gasteiger partial charge on any atom is 0.292 e. The van der Waals surface area contributed by atoms with E-state index in [1.807, 2.05) is 17.0 Å². The normalized spacial score (nSPS) is 20.1. The van der Waals surface area contributed by atoms with E-state index in [9.17, 15) is 14.4 Å². The highest BCUT2D eigenvalue weighted by Crippen LogP contribution is 2.30.